The Morgan fingerprint density at radius 2 is 2.22 bits per heavy atom. The lowest BCUT2D eigenvalue weighted by atomic mass is 10.2. The summed E-state index contributed by atoms with van der Waals surface area (Å²) in [5, 5.41) is 9.00. The molecule has 0 aromatic heterocycles. The van der Waals surface area contributed by atoms with Crippen LogP contribution in [-0.4, -0.2) is 53.8 Å². The van der Waals surface area contributed by atoms with Gasteiger partial charge in [-0.1, -0.05) is 6.07 Å². The zero-order valence-electron chi connectivity index (χ0n) is 12.9. The molecule has 2 rings (SSSR count). The average Bonchev–Trinajstić information content (AvgIpc) is 2.50. The fourth-order valence-electron chi connectivity index (χ4n) is 2.42. The number of benzene rings is 1. The molecule has 1 aliphatic rings. The van der Waals surface area contributed by atoms with E-state index in [1.807, 2.05) is 0 Å². The third-order valence-corrected chi connectivity index (χ3v) is 3.49. The van der Waals surface area contributed by atoms with E-state index in [2.05, 4.69) is 0 Å². The summed E-state index contributed by atoms with van der Waals surface area (Å²) in [5.74, 6) is -1.15. The highest BCUT2D eigenvalue weighted by molar-refractivity contribution is 5.78. The van der Waals surface area contributed by atoms with Crippen molar-refractivity contribution in [1.82, 2.24) is 4.90 Å². The number of carbonyl (C=O) groups is 2. The molecule has 7 heteroatoms. The number of nitrogens with zero attached hydrogens (tertiary/aromatic N) is 1. The zero-order valence-corrected chi connectivity index (χ0v) is 12.9. The highest BCUT2D eigenvalue weighted by Crippen LogP contribution is 2.15. The lowest BCUT2D eigenvalue weighted by molar-refractivity contribution is -0.166. The molecule has 0 bridgehead atoms. The molecule has 1 aliphatic heterocycles. The van der Waals surface area contributed by atoms with Crippen LogP contribution in [0.15, 0.2) is 24.3 Å². The number of halogens is 1. The zero-order chi connectivity index (χ0) is 16.8. The molecule has 0 radical (unpaired) electrons. The largest absolute Gasteiger partial charge is 0.493 e. The van der Waals surface area contributed by atoms with Crippen molar-refractivity contribution in [2.75, 3.05) is 19.7 Å². The lowest BCUT2D eigenvalue weighted by Crippen LogP contribution is -2.51. The van der Waals surface area contributed by atoms with E-state index < -0.39 is 12.1 Å². The molecule has 1 N–H and O–H groups in total. The maximum absolute atomic E-state index is 13.0. The quantitative estimate of drug-likeness (QED) is 0.806. The van der Waals surface area contributed by atoms with Crippen molar-refractivity contribution in [1.29, 1.82) is 0 Å². The minimum Gasteiger partial charge on any atom is -0.493 e. The molecule has 1 aromatic rings. The predicted octanol–water partition coefficient (Wildman–Crippen LogP) is 1.69. The van der Waals surface area contributed by atoms with Crippen molar-refractivity contribution >= 4 is 11.9 Å². The number of ether oxygens (including phenoxy) is 2. The monoisotopic (exact) mass is 325 g/mol. The number of carbonyl (C=O) groups excluding carboxylic acids is 1. The topological polar surface area (TPSA) is 76.1 Å². The van der Waals surface area contributed by atoms with E-state index in [0.29, 0.717) is 18.7 Å². The molecule has 1 heterocycles. The first-order valence-electron chi connectivity index (χ1n) is 7.50. The van der Waals surface area contributed by atoms with Gasteiger partial charge in [0.25, 0.3) is 0 Å². The van der Waals surface area contributed by atoms with Gasteiger partial charge < -0.3 is 19.5 Å². The highest BCUT2D eigenvalue weighted by atomic mass is 19.1. The maximum Gasteiger partial charge on any atom is 0.334 e. The Balaban J connectivity index is 1.75. The highest BCUT2D eigenvalue weighted by Gasteiger charge is 2.32. The van der Waals surface area contributed by atoms with Gasteiger partial charge in [-0.15, -0.1) is 0 Å². The smallest absolute Gasteiger partial charge is 0.334 e. The molecular formula is C16H20FNO5. The number of morpholine rings is 1. The number of aliphatic carboxylic acids is 1. The second kappa shape index (κ2) is 7.92. The van der Waals surface area contributed by atoms with Crippen LogP contribution < -0.4 is 4.74 Å². The Kier molecular flexibility index (Phi) is 5.92. The van der Waals surface area contributed by atoms with Crippen molar-refractivity contribution in [3.8, 4) is 5.75 Å². The number of carboxylic acids is 1. The van der Waals surface area contributed by atoms with Gasteiger partial charge >= 0.3 is 5.97 Å². The van der Waals surface area contributed by atoms with E-state index in [9.17, 15) is 14.0 Å². The fraction of sp³-hybridized carbons (Fsp3) is 0.500. The van der Waals surface area contributed by atoms with Crippen LogP contribution in [0.3, 0.4) is 0 Å². The van der Waals surface area contributed by atoms with Crippen molar-refractivity contribution in [3.05, 3.63) is 30.1 Å². The lowest BCUT2D eigenvalue weighted by Gasteiger charge is -2.35. The number of amides is 1. The summed E-state index contributed by atoms with van der Waals surface area (Å²) < 4.78 is 23.6. The molecule has 1 fully saturated rings. The third kappa shape index (κ3) is 5.21. The molecule has 1 saturated heterocycles. The number of rotatable bonds is 6. The van der Waals surface area contributed by atoms with E-state index in [4.69, 9.17) is 14.6 Å². The second-order valence-corrected chi connectivity index (χ2v) is 5.48. The minimum atomic E-state index is -1.07. The number of hydrogen-bond donors (Lipinski definition) is 1. The van der Waals surface area contributed by atoms with E-state index in [0.717, 1.165) is 0 Å². The molecule has 1 amide bonds. The van der Waals surface area contributed by atoms with Crippen molar-refractivity contribution < 1.29 is 28.6 Å². The summed E-state index contributed by atoms with van der Waals surface area (Å²) in [4.78, 5) is 24.6. The molecule has 6 nitrogen and oxygen atoms in total. The van der Waals surface area contributed by atoms with Crippen molar-refractivity contribution in [2.45, 2.75) is 32.0 Å². The summed E-state index contributed by atoms with van der Waals surface area (Å²) in [7, 11) is 0. The van der Waals surface area contributed by atoms with Gasteiger partial charge in [-0.05, 0) is 25.5 Å². The molecule has 0 saturated carbocycles. The van der Waals surface area contributed by atoms with Gasteiger partial charge in [-0.3, -0.25) is 4.79 Å². The van der Waals surface area contributed by atoms with E-state index >= 15 is 0 Å². The molecule has 23 heavy (non-hydrogen) atoms. The molecule has 0 aliphatic carbocycles. The van der Waals surface area contributed by atoms with Gasteiger partial charge in [-0.2, -0.15) is 0 Å². The molecule has 126 valence electrons. The first-order chi connectivity index (χ1) is 11.0. The van der Waals surface area contributed by atoms with Crippen molar-refractivity contribution in [2.24, 2.45) is 0 Å². The van der Waals surface area contributed by atoms with Crippen LogP contribution in [0, 0.1) is 5.82 Å². The second-order valence-electron chi connectivity index (χ2n) is 5.48. The summed E-state index contributed by atoms with van der Waals surface area (Å²) in [6, 6.07) is 5.81. The van der Waals surface area contributed by atoms with Gasteiger partial charge in [0.1, 0.15) is 11.6 Å². The van der Waals surface area contributed by atoms with Crippen LogP contribution in [0.2, 0.25) is 0 Å². The molecule has 1 unspecified atom stereocenters. The normalized spacial score (nSPS) is 21.0. The number of carboxylic acid groups (broad SMARTS) is 1. The Morgan fingerprint density at radius 3 is 2.91 bits per heavy atom. The fourth-order valence-corrected chi connectivity index (χ4v) is 2.42. The predicted molar refractivity (Wildman–Crippen MR) is 79.7 cm³/mol. The Morgan fingerprint density at radius 1 is 1.43 bits per heavy atom. The van der Waals surface area contributed by atoms with E-state index in [-0.39, 0.29) is 37.4 Å². The summed E-state index contributed by atoms with van der Waals surface area (Å²) in [5.41, 5.74) is 0. The van der Waals surface area contributed by atoms with Crippen LogP contribution >= 0.6 is 0 Å². The SMILES string of the molecule is C[C@@H]1CN(C(=O)CCCOc2cccc(F)c2)CC(C(=O)O)O1. The van der Waals surface area contributed by atoms with Crippen LogP contribution in [-0.2, 0) is 14.3 Å². The number of hydrogen-bond acceptors (Lipinski definition) is 4. The summed E-state index contributed by atoms with van der Waals surface area (Å²) >= 11 is 0. The van der Waals surface area contributed by atoms with Crippen LogP contribution in [0.4, 0.5) is 4.39 Å². The first kappa shape index (κ1) is 17.2. The molecule has 2 atom stereocenters. The Labute approximate surface area is 133 Å². The van der Waals surface area contributed by atoms with Gasteiger partial charge in [0, 0.05) is 19.0 Å². The van der Waals surface area contributed by atoms with Gasteiger partial charge in [-0.25, -0.2) is 9.18 Å². The van der Waals surface area contributed by atoms with Gasteiger partial charge in [0.05, 0.1) is 19.3 Å². The summed E-state index contributed by atoms with van der Waals surface area (Å²) in [6.07, 6.45) is -0.573. The molecular weight excluding hydrogens is 305 g/mol. The first-order valence-corrected chi connectivity index (χ1v) is 7.50. The Bertz CT molecular complexity index is 565. The van der Waals surface area contributed by atoms with Crippen molar-refractivity contribution in [3.63, 3.8) is 0 Å². The van der Waals surface area contributed by atoms with Crippen LogP contribution in [0.25, 0.3) is 0 Å². The molecule has 1 aromatic carbocycles. The summed E-state index contributed by atoms with van der Waals surface area (Å²) in [6.45, 7) is 2.47. The Hall–Kier alpha value is -2.15. The van der Waals surface area contributed by atoms with E-state index in [1.165, 1.54) is 17.0 Å². The average molecular weight is 325 g/mol. The molecule has 0 spiro atoms. The van der Waals surface area contributed by atoms with Gasteiger partial charge in [0.15, 0.2) is 6.10 Å². The maximum atomic E-state index is 13.0. The van der Waals surface area contributed by atoms with E-state index in [1.54, 1.807) is 19.1 Å². The standard InChI is InChI=1S/C16H20FNO5/c1-11-9-18(10-14(23-11)16(20)21)15(19)6-3-7-22-13-5-2-4-12(17)8-13/h2,4-5,8,11,14H,3,6-7,9-10H2,1H3,(H,20,21)/t11-,14?/m1/s1. The van der Waals surface area contributed by atoms with Crippen LogP contribution in [0.1, 0.15) is 19.8 Å². The van der Waals surface area contributed by atoms with Crippen LogP contribution in [0.5, 0.6) is 5.75 Å². The van der Waals surface area contributed by atoms with Gasteiger partial charge in [0.2, 0.25) is 5.91 Å². The third-order valence-electron chi connectivity index (χ3n) is 3.49. The minimum absolute atomic E-state index is 0.0588.